The number of rotatable bonds is 45. The lowest BCUT2D eigenvalue weighted by Crippen LogP contribution is -2.59. The maximum Gasteiger partial charge on any atom is 0.318 e. The predicted molar refractivity (Wildman–Crippen MR) is 559 cm³/mol. The van der Waals surface area contributed by atoms with Crippen LogP contribution < -0.4 is 62.1 Å². The summed E-state index contributed by atoms with van der Waals surface area (Å²) < 4.78 is 187. The quantitative estimate of drug-likeness (QED) is 0.0169. The van der Waals surface area contributed by atoms with E-state index in [2.05, 4.69) is 42.5 Å². The van der Waals surface area contributed by atoms with Crippen LogP contribution in [0.3, 0.4) is 0 Å². The lowest BCUT2D eigenvalue weighted by atomic mass is 9.92. The van der Waals surface area contributed by atoms with Gasteiger partial charge in [0.15, 0.2) is 19.8 Å². The van der Waals surface area contributed by atoms with Gasteiger partial charge in [0, 0.05) is 84.7 Å². The molecule has 0 bridgehead atoms. The first-order chi connectivity index (χ1) is 74.1. The molecule has 762 valence electrons. The number of hydrogen-bond donors (Lipinski definition) is 12. The Bertz CT molecular complexity index is 6230. The van der Waals surface area contributed by atoms with Gasteiger partial charge in [0.05, 0.1) is 36.4 Å². The normalized spacial score (nSPS) is 19.2. The van der Waals surface area contributed by atoms with Gasteiger partial charge in [-0.2, -0.15) is 0 Å². The molecular weight excluding hydrogens is 1780 g/mol. The van der Waals surface area contributed by atoms with Crippen molar-refractivity contribution in [3.8, 4) is 17.2 Å². The third-order valence-corrected chi connectivity index (χ3v) is 23.1. The Morgan fingerprint density at radius 1 is 0.362 bits per heavy atom. The number of aryl methyl sites for hydroxylation is 6. The van der Waals surface area contributed by atoms with E-state index in [1.807, 2.05) is 114 Å². The van der Waals surface area contributed by atoms with Crippen LogP contribution in [0.25, 0.3) is 0 Å². The average molecular weight is 1950 g/mol. The number of amides is 12. The van der Waals surface area contributed by atoms with Crippen LogP contribution >= 0.6 is 0 Å². The first-order valence-electron chi connectivity index (χ1n) is 56.5. The molecule has 0 aromatic heterocycles. The van der Waals surface area contributed by atoms with Gasteiger partial charge in [-0.15, -0.1) is 0 Å². The molecule has 0 saturated carbocycles. The molecule has 12 rings (SSSR count). The summed E-state index contributed by atoms with van der Waals surface area (Å²) in [6.45, 7) is 5.57. The fraction of sp³-hybridized carbons (Fsp3) is 0.447. The highest BCUT2D eigenvalue weighted by atomic mass is 16.5. The number of aliphatic hydroxyl groups excluding tert-OH is 3. The third-order valence-electron chi connectivity index (χ3n) is 23.1. The summed E-state index contributed by atoms with van der Waals surface area (Å²) in [5, 5.41) is 59.3. The number of nitrogens with one attached hydrogen (secondary N) is 9. The van der Waals surface area contributed by atoms with Gasteiger partial charge in [0.1, 0.15) is 35.4 Å². The summed E-state index contributed by atoms with van der Waals surface area (Å²) in [7, 11) is 0. The number of hydrogen-bond acceptors (Lipinski definition) is 15. The van der Waals surface area contributed by atoms with Crippen molar-refractivity contribution in [3.05, 3.63) is 303 Å². The molecule has 0 spiro atoms. The third kappa shape index (κ3) is 36.5. The highest BCUT2D eigenvalue weighted by Gasteiger charge is 2.40. The molecule has 27 nitrogen and oxygen atoms in total. The van der Waals surface area contributed by atoms with Crippen molar-refractivity contribution in [3.63, 3.8) is 0 Å². The molecule has 12 amide bonds. The van der Waals surface area contributed by atoms with E-state index in [4.69, 9.17) is 38.9 Å². The molecule has 0 unspecified atom stereocenters. The summed E-state index contributed by atoms with van der Waals surface area (Å²) in [6.07, 6.45) is -17.0. The van der Waals surface area contributed by atoms with Gasteiger partial charge < -0.3 is 92.1 Å². The summed E-state index contributed by atoms with van der Waals surface area (Å²) in [5.74, 6) is -5.23. The second kappa shape index (κ2) is 58.8. The van der Waals surface area contributed by atoms with Crippen LogP contribution in [0, 0.1) is 59.2 Å². The van der Waals surface area contributed by atoms with Gasteiger partial charge in [-0.25, -0.2) is 14.4 Å². The van der Waals surface area contributed by atoms with Gasteiger partial charge in [-0.1, -0.05) is 300 Å². The van der Waals surface area contributed by atoms with Crippen LogP contribution in [-0.4, -0.2) is 215 Å². The van der Waals surface area contributed by atoms with E-state index in [0.717, 1.165) is 27.8 Å². The van der Waals surface area contributed by atoms with Gasteiger partial charge in [-0.05, 0) is 203 Å². The molecule has 0 aliphatic carbocycles. The number of para-hydroxylation sites is 3. The fourth-order valence-corrected chi connectivity index (χ4v) is 16.4. The number of carbonyl (C=O) groups is 9. The molecule has 12 atom stereocenters. The monoisotopic (exact) mass is 1950 g/mol. The maximum absolute atomic E-state index is 14.2. The Morgan fingerprint density at radius 2 is 0.631 bits per heavy atom. The van der Waals surface area contributed by atoms with Crippen molar-refractivity contribution in [2.24, 2.45) is 17.8 Å². The molecule has 0 radical (unpaired) electrons. The molecule has 3 fully saturated rings. The molecule has 12 N–H and O–H groups in total. The van der Waals surface area contributed by atoms with Crippen molar-refractivity contribution in [1.29, 1.82) is 0 Å². The van der Waals surface area contributed by atoms with E-state index >= 15 is 0 Å². The summed E-state index contributed by atoms with van der Waals surface area (Å²) in [5.41, 5.74) is 4.62. The average Bonchev–Trinajstić information content (AvgIpc) is 0.711. The number of urea groups is 3. The summed E-state index contributed by atoms with van der Waals surface area (Å²) >= 11 is 0. The standard InChI is InChI=1S/3C37H48N4O5.3CH4/c3*1-25(2)34(41-20-12-19-38-37(41)45)36(44)39-30(21-28-15-7-5-8-16-28)23-32(42)31(22-29-17-9-6-10-18-29)40-33(43)24-46-35-26(3)13-11-14-27(35)4;;;/h3*5-11,13-18,25,30-32,34,42H,12,19-24H2,1-4H3,(H,38,45)(H,39,44)(H,40,43);3*1H4/t3*30-,31-,32-,34-;;;/m000.../s1/i12D2,19D2,20D2,22D2;3D3,4D3,22D2;21D2,22D2;;;. The Hall–Kier alpha value is -13.1. The molecule has 9 aromatic carbocycles. The van der Waals surface area contributed by atoms with Crippen LogP contribution in [0.15, 0.2) is 237 Å². The molecule has 3 saturated heterocycles. The van der Waals surface area contributed by atoms with E-state index in [-0.39, 0.29) is 88.1 Å². The fourth-order valence-electron chi connectivity index (χ4n) is 16.4. The second-order valence-corrected chi connectivity index (χ2v) is 35.2. The molecule has 3 aliphatic rings. The Morgan fingerprint density at radius 3 is 0.936 bits per heavy atom. The minimum atomic E-state index is -3.28. The molecule has 3 heterocycles. The highest BCUT2D eigenvalue weighted by molar-refractivity contribution is 5.90. The minimum absolute atomic E-state index is 0. The zero-order valence-corrected chi connectivity index (χ0v) is 79.7. The predicted octanol–water partition coefficient (Wildman–Crippen LogP) is 14.9. The van der Waals surface area contributed by atoms with E-state index in [1.54, 1.807) is 141 Å². The Balaban J connectivity index is 0.000000322. The Labute approximate surface area is 864 Å². The first-order valence-corrected chi connectivity index (χ1v) is 46.5. The van der Waals surface area contributed by atoms with E-state index in [0.29, 0.717) is 61.0 Å². The molecule has 9 aromatic rings. The number of nitrogens with zero attached hydrogens (tertiary/aromatic N) is 3. The van der Waals surface area contributed by atoms with E-state index < -0.39 is 228 Å². The number of ether oxygens (including phenoxy) is 3. The lowest BCUT2D eigenvalue weighted by molar-refractivity contribution is -0.129. The van der Waals surface area contributed by atoms with Crippen molar-refractivity contribution in [2.75, 3.05) is 59.0 Å². The van der Waals surface area contributed by atoms with Crippen LogP contribution in [-0.2, 0) is 67.1 Å². The zero-order valence-electron chi connectivity index (χ0n) is 99.7. The summed E-state index contributed by atoms with van der Waals surface area (Å²) in [6, 6.07) is 51.3. The molecular formula is C114H156N12O15. The number of aliphatic hydroxyl groups is 3. The van der Waals surface area contributed by atoms with Crippen molar-refractivity contribution >= 4 is 53.5 Å². The van der Waals surface area contributed by atoms with Crippen LogP contribution in [0.4, 0.5) is 14.4 Å². The van der Waals surface area contributed by atoms with Crippen LogP contribution in [0.2, 0.25) is 0 Å². The van der Waals surface area contributed by atoms with Gasteiger partial charge in [0.2, 0.25) is 17.7 Å². The molecule has 141 heavy (non-hydrogen) atoms. The second-order valence-electron chi connectivity index (χ2n) is 35.2. The smallest absolute Gasteiger partial charge is 0.318 e. The molecule has 3 aliphatic heterocycles. The number of benzene rings is 9. The van der Waals surface area contributed by atoms with Gasteiger partial charge >= 0.3 is 18.1 Å². The Kier molecular flexibility index (Phi) is 36.3. The van der Waals surface area contributed by atoms with Crippen LogP contribution in [0.1, 0.15) is 196 Å². The van der Waals surface area contributed by atoms with Crippen molar-refractivity contribution in [2.45, 2.75) is 255 Å². The number of carbonyl (C=O) groups excluding carboxylic acids is 9. The lowest BCUT2D eigenvalue weighted by Gasteiger charge is -2.37. The van der Waals surface area contributed by atoms with Crippen molar-refractivity contribution in [1.82, 2.24) is 62.6 Å². The van der Waals surface area contributed by atoms with E-state index in [1.165, 1.54) is 66.1 Å². The van der Waals surface area contributed by atoms with E-state index in [9.17, 15) is 61.2 Å². The first kappa shape index (κ1) is 87.0. The molecule has 27 heteroatoms. The maximum atomic E-state index is 14.2. The minimum Gasteiger partial charge on any atom is -0.483 e. The van der Waals surface area contributed by atoms with Gasteiger partial charge in [-0.3, -0.25) is 28.8 Å². The highest BCUT2D eigenvalue weighted by Crippen LogP contribution is 2.29. The van der Waals surface area contributed by atoms with Gasteiger partial charge in [0.25, 0.3) is 17.7 Å². The van der Waals surface area contributed by atoms with Crippen LogP contribution in [0.5, 0.6) is 17.2 Å². The SMILES string of the molecule is C.C.C.[2H]C([2H])([2H])c1cccc(C([2H])([2H])[2H])c1OCC(=O)N[C@H]([C@@H](O)C[C@H](Cc1ccccc1)NC(=O)[C@H](C(C)C)N1CCCNC1=O)C([2H])([2H])c1ccccc1.[2H]C([2H])(c1ccccc1)[C@H](NC(=O)COc1c(C)cccc1C)[C@@H](O)C[C@@H](NC(=O)[C@H](C(C)C)N1CCCNC1=O)C([2H])([2H])c1ccccc1.[2H]C([2H])(c1ccccc1)[C@H](NC(=O)COc1c(C)cccc1C)[C@@H](O)C[C@H](Cc1ccccc1)NC(=O)[C@H](C(C)C)N1C(=O)NC([2H])([2H])C([2H])([2H])C1([2H])[2H]. The zero-order chi connectivity index (χ0) is 117. The summed E-state index contributed by atoms with van der Waals surface area (Å²) in [4.78, 5) is 124. The topological polar surface area (TPSA) is 360 Å². The largest absolute Gasteiger partial charge is 0.483 e. The van der Waals surface area contributed by atoms with Crippen molar-refractivity contribution < 1.29 is 100 Å².